The molecule has 3 rings (SSSR count). The van der Waals surface area contributed by atoms with E-state index in [2.05, 4.69) is 41.3 Å². The Morgan fingerprint density at radius 1 is 1.35 bits per heavy atom. The van der Waals surface area contributed by atoms with Crippen molar-refractivity contribution in [1.29, 1.82) is 0 Å². The SMILES string of the molecule is CCC(NC(C)c1cc2ccccc2o1)c1ncc[nH]1. The van der Waals surface area contributed by atoms with E-state index in [4.69, 9.17) is 4.42 Å². The predicted molar refractivity (Wildman–Crippen MR) is 79.4 cm³/mol. The molecule has 20 heavy (non-hydrogen) atoms. The van der Waals surface area contributed by atoms with E-state index in [9.17, 15) is 0 Å². The Labute approximate surface area is 118 Å². The largest absolute Gasteiger partial charge is 0.459 e. The van der Waals surface area contributed by atoms with Crippen LogP contribution in [-0.2, 0) is 0 Å². The zero-order chi connectivity index (χ0) is 13.9. The van der Waals surface area contributed by atoms with Crippen LogP contribution in [0.25, 0.3) is 11.0 Å². The van der Waals surface area contributed by atoms with E-state index in [1.54, 1.807) is 6.20 Å². The Morgan fingerprint density at radius 2 is 2.20 bits per heavy atom. The molecule has 3 aromatic rings. The lowest BCUT2D eigenvalue weighted by Crippen LogP contribution is -2.24. The number of H-pyrrole nitrogens is 1. The lowest BCUT2D eigenvalue weighted by atomic mass is 10.1. The molecule has 4 nitrogen and oxygen atoms in total. The zero-order valence-corrected chi connectivity index (χ0v) is 11.8. The molecular formula is C16H19N3O. The van der Waals surface area contributed by atoms with E-state index in [1.165, 1.54) is 0 Å². The van der Waals surface area contributed by atoms with Crippen molar-refractivity contribution in [1.82, 2.24) is 15.3 Å². The first kappa shape index (κ1) is 12.9. The fourth-order valence-electron chi connectivity index (χ4n) is 2.46. The minimum Gasteiger partial charge on any atom is -0.459 e. The molecule has 0 fully saturated rings. The topological polar surface area (TPSA) is 53.9 Å². The van der Waals surface area contributed by atoms with Crippen LogP contribution in [0.4, 0.5) is 0 Å². The minimum atomic E-state index is 0.137. The van der Waals surface area contributed by atoms with Crippen LogP contribution in [0, 0.1) is 0 Å². The van der Waals surface area contributed by atoms with E-state index in [0.29, 0.717) is 0 Å². The van der Waals surface area contributed by atoms with Crippen LogP contribution < -0.4 is 5.32 Å². The van der Waals surface area contributed by atoms with Gasteiger partial charge in [-0.25, -0.2) is 4.98 Å². The summed E-state index contributed by atoms with van der Waals surface area (Å²) in [4.78, 5) is 7.50. The van der Waals surface area contributed by atoms with Crippen LogP contribution >= 0.6 is 0 Å². The molecule has 2 aromatic heterocycles. The maximum Gasteiger partial charge on any atom is 0.134 e. The molecule has 2 atom stereocenters. The van der Waals surface area contributed by atoms with Gasteiger partial charge in [-0.3, -0.25) is 5.32 Å². The van der Waals surface area contributed by atoms with Crippen LogP contribution in [-0.4, -0.2) is 9.97 Å². The maximum atomic E-state index is 5.90. The molecule has 0 aliphatic carbocycles. The average Bonchev–Trinajstić information content (AvgIpc) is 3.13. The van der Waals surface area contributed by atoms with Crippen molar-refractivity contribution in [2.45, 2.75) is 32.4 Å². The number of para-hydroxylation sites is 1. The summed E-state index contributed by atoms with van der Waals surface area (Å²) in [5, 5.41) is 4.70. The van der Waals surface area contributed by atoms with Gasteiger partial charge in [0, 0.05) is 17.8 Å². The van der Waals surface area contributed by atoms with Gasteiger partial charge < -0.3 is 9.40 Å². The number of imidazole rings is 1. The molecule has 104 valence electrons. The highest BCUT2D eigenvalue weighted by atomic mass is 16.3. The predicted octanol–water partition coefficient (Wildman–Crippen LogP) is 3.96. The molecular weight excluding hydrogens is 250 g/mol. The number of hydrogen-bond acceptors (Lipinski definition) is 3. The lowest BCUT2D eigenvalue weighted by molar-refractivity contribution is 0.390. The van der Waals surface area contributed by atoms with Gasteiger partial charge in [0.1, 0.15) is 17.2 Å². The number of benzene rings is 1. The first-order chi connectivity index (χ1) is 9.78. The normalized spacial score (nSPS) is 14.5. The molecule has 2 unspecified atom stereocenters. The van der Waals surface area contributed by atoms with Gasteiger partial charge >= 0.3 is 0 Å². The van der Waals surface area contributed by atoms with Gasteiger partial charge in [-0.2, -0.15) is 0 Å². The quantitative estimate of drug-likeness (QED) is 0.737. The molecule has 0 spiro atoms. The number of nitrogens with one attached hydrogen (secondary N) is 2. The summed E-state index contributed by atoms with van der Waals surface area (Å²) < 4.78 is 5.90. The van der Waals surface area contributed by atoms with E-state index < -0.39 is 0 Å². The van der Waals surface area contributed by atoms with Gasteiger partial charge in [0.05, 0.1) is 12.1 Å². The summed E-state index contributed by atoms with van der Waals surface area (Å²) in [5.41, 5.74) is 0.933. The summed E-state index contributed by atoms with van der Waals surface area (Å²) in [7, 11) is 0. The Hall–Kier alpha value is -2.07. The monoisotopic (exact) mass is 269 g/mol. The second kappa shape index (κ2) is 5.51. The first-order valence-electron chi connectivity index (χ1n) is 7.01. The second-order valence-corrected chi connectivity index (χ2v) is 5.01. The number of furan rings is 1. The number of aromatic nitrogens is 2. The highest BCUT2D eigenvalue weighted by molar-refractivity contribution is 5.77. The van der Waals surface area contributed by atoms with E-state index in [1.807, 2.05) is 24.4 Å². The van der Waals surface area contributed by atoms with E-state index >= 15 is 0 Å². The molecule has 4 heteroatoms. The van der Waals surface area contributed by atoms with Crippen LogP contribution in [0.3, 0.4) is 0 Å². The fourth-order valence-corrected chi connectivity index (χ4v) is 2.46. The summed E-state index contributed by atoms with van der Waals surface area (Å²) in [5.74, 6) is 1.92. The Bertz CT molecular complexity index is 639. The Balaban J connectivity index is 1.79. The van der Waals surface area contributed by atoms with Gasteiger partial charge in [-0.1, -0.05) is 25.1 Å². The number of aromatic amines is 1. The summed E-state index contributed by atoms with van der Waals surface area (Å²) in [6.45, 7) is 4.26. The van der Waals surface area contributed by atoms with Gasteiger partial charge in [0.2, 0.25) is 0 Å². The summed E-state index contributed by atoms with van der Waals surface area (Å²) in [6, 6.07) is 10.5. The first-order valence-corrected chi connectivity index (χ1v) is 7.01. The van der Waals surface area contributed by atoms with Crippen molar-refractivity contribution in [2.75, 3.05) is 0 Å². The number of fused-ring (bicyclic) bond motifs is 1. The highest BCUT2D eigenvalue weighted by Gasteiger charge is 2.18. The van der Waals surface area contributed by atoms with Crippen LogP contribution in [0.2, 0.25) is 0 Å². The third-order valence-electron chi connectivity index (χ3n) is 3.58. The number of rotatable bonds is 5. The van der Waals surface area contributed by atoms with Crippen molar-refractivity contribution < 1.29 is 4.42 Å². The van der Waals surface area contributed by atoms with Crippen LogP contribution in [0.15, 0.2) is 47.1 Å². The van der Waals surface area contributed by atoms with Gasteiger partial charge in [0.25, 0.3) is 0 Å². The molecule has 2 heterocycles. The molecule has 2 N–H and O–H groups in total. The van der Waals surface area contributed by atoms with Crippen LogP contribution in [0.5, 0.6) is 0 Å². The van der Waals surface area contributed by atoms with Gasteiger partial charge in [0.15, 0.2) is 0 Å². The van der Waals surface area contributed by atoms with Crippen molar-refractivity contribution in [3.8, 4) is 0 Å². The molecule has 1 aromatic carbocycles. The van der Waals surface area contributed by atoms with Gasteiger partial charge in [-0.15, -0.1) is 0 Å². The number of nitrogens with zero attached hydrogens (tertiary/aromatic N) is 1. The minimum absolute atomic E-state index is 0.137. The zero-order valence-electron chi connectivity index (χ0n) is 11.8. The second-order valence-electron chi connectivity index (χ2n) is 5.01. The van der Waals surface area contributed by atoms with Crippen molar-refractivity contribution in [3.63, 3.8) is 0 Å². The maximum absolute atomic E-state index is 5.90. The standard InChI is InChI=1S/C16H19N3O/c1-3-13(16-17-8-9-18-16)19-11(2)15-10-12-6-4-5-7-14(12)20-15/h4-11,13,19H,3H2,1-2H3,(H,17,18). The summed E-state index contributed by atoms with van der Waals surface area (Å²) >= 11 is 0. The van der Waals surface area contributed by atoms with Crippen molar-refractivity contribution in [3.05, 3.63) is 54.3 Å². The van der Waals surface area contributed by atoms with E-state index in [0.717, 1.165) is 29.0 Å². The molecule has 0 radical (unpaired) electrons. The smallest absolute Gasteiger partial charge is 0.134 e. The third kappa shape index (κ3) is 2.47. The molecule has 0 saturated heterocycles. The Kier molecular flexibility index (Phi) is 3.56. The molecule has 0 amide bonds. The Morgan fingerprint density at radius 3 is 2.90 bits per heavy atom. The fraction of sp³-hybridized carbons (Fsp3) is 0.312. The molecule has 0 aliphatic rings. The van der Waals surface area contributed by atoms with Crippen molar-refractivity contribution >= 4 is 11.0 Å². The molecule has 0 bridgehead atoms. The molecule has 0 saturated carbocycles. The van der Waals surface area contributed by atoms with Crippen molar-refractivity contribution in [2.24, 2.45) is 0 Å². The third-order valence-corrected chi connectivity index (χ3v) is 3.58. The van der Waals surface area contributed by atoms with E-state index in [-0.39, 0.29) is 12.1 Å². The van der Waals surface area contributed by atoms with Crippen LogP contribution in [0.1, 0.15) is 43.9 Å². The molecule has 0 aliphatic heterocycles. The number of hydrogen-bond donors (Lipinski definition) is 2. The lowest BCUT2D eigenvalue weighted by Gasteiger charge is -2.19. The summed E-state index contributed by atoms with van der Waals surface area (Å²) in [6.07, 6.45) is 4.61. The van der Waals surface area contributed by atoms with Gasteiger partial charge in [-0.05, 0) is 25.5 Å². The average molecular weight is 269 g/mol. The highest BCUT2D eigenvalue weighted by Crippen LogP contribution is 2.25.